The second-order valence-electron chi connectivity index (χ2n) is 33.0. The van der Waals surface area contributed by atoms with Crippen LogP contribution in [0.1, 0.15) is 150 Å². The van der Waals surface area contributed by atoms with Crippen LogP contribution in [0.3, 0.4) is 0 Å². The Balaban J connectivity index is 0.750. The minimum absolute atomic E-state index is 0.153. The lowest BCUT2D eigenvalue weighted by Crippen LogP contribution is -2.24. The van der Waals surface area contributed by atoms with Gasteiger partial charge in [0.05, 0.1) is 0 Å². The number of rotatable bonds is 4. The topological polar surface area (TPSA) is 42.7 Å². The highest BCUT2D eigenvalue weighted by atomic mass is 16.3. The first-order chi connectivity index (χ1) is 48.1. The highest BCUT2D eigenvalue weighted by Gasteiger charge is 2.50. The van der Waals surface area contributed by atoms with Crippen molar-refractivity contribution in [3.63, 3.8) is 0 Å². The highest BCUT2D eigenvalue weighted by molar-refractivity contribution is 6.22. The fraction of sp³-hybridized carbons (Fsp3) is 0.188. The number of hydrogen-bond acceptors (Lipinski definition) is 4. The fourth-order valence-corrected chi connectivity index (χ4v) is 20.8. The normalized spacial score (nSPS) is 16.9. The Morgan fingerprint density at radius 3 is 1.31 bits per heavy atom. The van der Waals surface area contributed by atoms with Crippen LogP contribution in [0.4, 0.5) is 17.1 Å². The monoisotopic (exact) mass is 1290 g/mol. The van der Waals surface area contributed by atoms with Gasteiger partial charge in [0.1, 0.15) is 33.5 Å². The Bertz CT molecular complexity index is 6530. The molecule has 22 rings (SSSR count). The van der Waals surface area contributed by atoms with Crippen LogP contribution < -0.4 is 4.90 Å². The predicted octanol–water partition coefficient (Wildman–Crippen LogP) is 26.4. The second-order valence-corrected chi connectivity index (χ2v) is 33.0. The number of nitrogens with zero attached hydrogens (tertiary/aromatic N) is 1. The van der Waals surface area contributed by atoms with Crippen LogP contribution in [-0.2, 0) is 32.5 Å². The van der Waals surface area contributed by atoms with Crippen molar-refractivity contribution < 1.29 is 13.3 Å². The van der Waals surface area contributed by atoms with Crippen molar-refractivity contribution in [3.05, 3.63) is 291 Å². The van der Waals surface area contributed by atoms with E-state index in [-0.39, 0.29) is 21.7 Å². The van der Waals surface area contributed by atoms with E-state index in [0.717, 1.165) is 66.9 Å². The summed E-state index contributed by atoms with van der Waals surface area (Å²) in [5, 5.41) is 7.08. The third-order valence-electron chi connectivity index (χ3n) is 25.8. The summed E-state index contributed by atoms with van der Waals surface area (Å²) < 4.78 is 20.9. The van der Waals surface area contributed by atoms with Crippen molar-refractivity contribution >= 4 is 82.9 Å². The van der Waals surface area contributed by atoms with Crippen LogP contribution in [0.25, 0.3) is 144 Å². The molecule has 0 fully saturated rings. The Kier molecular flexibility index (Phi) is 10.4. The van der Waals surface area contributed by atoms with Gasteiger partial charge in [-0.05, 0) is 218 Å². The maximum atomic E-state index is 7.16. The molecule has 0 saturated carbocycles. The number of benzene rings is 13. The molecule has 480 valence electrons. The van der Waals surface area contributed by atoms with Crippen LogP contribution in [0.5, 0.6) is 0 Å². The molecule has 13 aromatic carbocycles. The summed E-state index contributed by atoms with van der Waals surface area (Å²) >= 11 is 0. The van der Waals surface area contributed by atoms with Gasteiger partial charge in [-0.3, -0.25) is 0 Å². The molecule has 0 bridgehead atoms. The van der Waals surface area contributed by atoms with E-state index < -0.39 is 10.8 Å². The Morgan fingerprint density at radius 1 is 0.230 bits per heavy atom. The third kappa shape index (κ3) is 6.75. The molecule has 4 heteroatoms. The van der Waals surface area contributed by atoms with E-state index in [1.54, 1.807) is 0 Å². The summed E-state index contributed by atoms with van der Waals surface area (Å²) in [6.45, 7) is 29.2. The summed E-state index contributed by atoms with van der Waals surface area (Å²) in [5.41, 5.74) is 41.2. The quantitative estimate of drug-likeness (QED) is 0.176. The molecule has 0 N–H and O–H groups in total. The summed E-state index contributed by atoms with van der Waals surface area (Å²) in [6, 6.07) is 85.4. The van der Waals surface area contributed by atoms with E-state index in [2.05, 4.69) is 312 Å². The zero-order chi connectivity index (χ0) is 67.5. The first-order valence-electron chi connectivity index (χ1n) is 35.9. The van der Waals surface area contributed by atoms with Gasteiger partial charge in [-0.2, -0.15) is 0 Å². The van der Waals surface area contributed by atoms with Crippen molar-refractivity contribution in [3.8, 4) is 77.9 Å². The molecule has 0 atom stereocenters. The molecule has 3 aromatic heterocycles. The van der Waals surface area contributed by atoms with Crippen LogP contribution in [0, 0.1) is 0 Å². The van der Waals surface area contributed by atoms with Crippen molar-refractivity contribution in [1.82, 2.24) is 0 Å². The molecule has 0 amide bonds. The first kappa shape index (κ1) is 57.0. The number of anilines is 3. The van der Waals surface area contributed by atoms with E-state index in [4.69, 9.17) is 13.3 Å². The largest absolute Gasteiger partial charge is 0.456 e. The Morgan fingerprint density at radius 2 is 0.630 bits per heavy atom. The van der Waals surface area contributed by atoms with Gasteiger partial charge in [-0.25, -0.2) is 0 Å². The Hall–Kier alpha value is -10.9. The van der Waals surface area contributed by atoms with Crippen LogP contribution in [0.2, 0.25) is 0 Å². The van der Waals surface area contributed by atoms with Gasteiger partial charge in [-0.15, -0.1) is 0 Å². The van der Waals surface area contributed by atoms with Crippen LogP contribution in [0.15, 0.2) is 238 Å². The van der Waals surface area contributed by atoms with Crippen molar-refractivity contribution in [2.75, 3.05) is 4.90 Å². The SMILES string of the molecule is CC1(C)c2ccccc2-c2ccc(-c3cc4c(c5c3oc3ccccc35)-c3ccc(N(c5ccc6c(c5)C(C)(C)c5cc7c(cc5-6)C(C)(C)c5ccc6oc8ccccc8c6c5-7)c5ccc6c(c5)C(C)(C)c5c7c(c8oc9ccccc9c8c5-6)-c5ccccc5C7(C)C)cc3C4(C)C)cc21. The standard InChI is InChI=1S/C96H73NO3/c1-91(2)66-28-18-13-23-54(66)55-37-33-50(43-69(55)91)63-47-75-80(84-61-26-16-21-31-77(61)99-89(63)84)58-39-35-52(45-71(58)94(75,7)8)97(51-34-38-56-64-48-74-65(49-73(64)93(5,6)70(56)44-51)81-68(92(74,3)4)41-42-79-82(81)60-25-15-20-30-76(60)98-79)53-36-40-59-72(46-53)96(11,12)87-83(59)85-62-27-17-22-32-78(62)100-90(85)86-57-24-14-19-29-67(57)95(9,10)88(86)87/h13-49H,1-12H3. The summed E-state index contributed by atoms with van der Waals surface area (Å²) in [5.74, 6) is 0. The summed E-state index contributed by atoms with van der Waals surface area (Å²) in [7, 11) is 0. The van der Waals surface area contributed by atoms with E-state index in [1.165, 1.54) is 161 Å². The Labute approximate surface area is 582 Å². The van der Waals surface area contributed by atoms with Crippen molar-refractivity contribution in [2.45, 2.75) is 116 Å². The highest BCUT2D eigenvalue weighted by Crippen LogP contribution is 2.66. The average molecular weight is 1290 g/mol. The molecule has 0 unspecified atom stereocenters. The number of furan rings is 3. The summed E-state index contributed by atoms with van der Waals surface area (Å²) in [6.07, 6.45) is 0. The smallest absolute Gasteiger partial charge is 0.144 e. The lowest BCUT2D eigenvalue weighted by molar-refractivity contribution is 0.600. The maximum absolute atomic E-state index is 7.16. The zero-order valence-electron chi connectivity index (χ0n) is 58.5. The molecule has 6 aliphatic rings. The second kappa shape index (κ2) is 18.3. The van der Waals surface area contributed by atoms with E-state index in [1.807, 2.05) is 0 Å². The molecule has 6 aliphatic carbocycles. The molecular weight excluding hydrogens is 1220 g/mol. The molecule has 0 radical (unpaired) electrons. The van der Waals surface area contributed by atoms with Crippen LogP contribution in [-0.4, -0.2) is 0 Å². The average Bonchev–Trinajstić information content (AvgIpc) is 1.50. The summed E-state index contributed by atoms with van der Waals surface area (Å²) in [4.78, 5) is 2.59. The molecule has 16 aromatic rings. The predicted molar refractivity (Wildman–Crippen MR) is 414 cm³/mol. The number of para-hydroxylation sites is 3. The molecule has 0 spiro atoms. The maximum Gasteiger partial charge on any atom is 0.144 e. The van der Waals surface area contributed by atoms with E-state index in [0.29, 0.717) is 0 Å². The van der Waals surface area contributed by atoms with Gasteiger partial charge in [0, 0.05) is 93.0 Å². The lowest BCUT2D eigenvalue weighted by atomic mass is 9.72. The van der Waals surface area contributed by atoms with Gasteiger partial charge in [0.2, 0.25) is 0 Å². The number of fused-ring (bicyclic) bond motifs is 32. The van der Waals surface area contributed by atoms with Gasteiger partial charge >= 0.3 is 0 Å². The van der Waals surface area contributed by atoms with Gasteiger partial charge < -0.3 is 18.2 Å². The molecule has 0 aliphatic heterocycles. The van der Waals surface area contributed by atoms with E-state index >= 15 is 0 Å². The van der Waals surface area contributed by atoms with Gasteiger partial charge in [0.25, 0.3) is 0 Å². The third-order valence-corrected chi connectivity index (χ3v) is 25.8. The van der Waals surface area contributed by atoms with Crippen molar-refractivity contribution in [1.29, 1.82) is 0 Å². The van der Waals surface area contributed by atoms with Gasteiger partial charge in [0.15, 0.2) is 0 Å². The molecule has 100 heavy (non-hydrogen) atoms. The molecule has 0 saturated heterocycles. The van der Waals surface area contributed by atoms with Crippen LogP contribution >= 0.6 is 0 Å². The van der Waals surface area contributed by atoms with Crippen molar-refractivity contribution in [2.24, 2.45) is 0 Å². The zero-order valence-corrected chi connectivity index (χ0v) is 58.5. The minimum atomic E-state index is -0.409. The van der Waals surface area contributed by atoms with E-state index in [9.17, 15) is 0 Å². The molecular formula is C96H73NO3. The minimum Gasteiger partial charge on any atom is -0.456 e. The fourth-order valence-electron chi connectivity index (χ4n) is 20.8. The molecule has 4 nitrogen and oxygen atoms in total. The number of hydrogen-bond donors (Lipinski definition) is 0. The molecule has 3 heterocycles. The lowest BCUT2D eigenvalue weighted by Gasteiger charge is -2.32. The first-order valence-corrected chi connectivity index (χ1v) is 35.9. The van der Waals surface area contributed by atoms with Gasteiger partial charge in [-0.1, -0.05) is 223 Å².